The molecule has 0 amide bonds. The van der Waals surface area contributed by atoms with E-state index in [1.54, 1.807) is 9.13 Å². The Morgan fingerprint density at radius 3 is 1.50 bits per heavy atom. The first-order valence-electron chi connectivity index (χ1n) is 13.5. The van der Waals surface area contributed by atoms with Crippen LogP contribution in [0.25, 0.3) is 22.1 Å². The van der Waals surface area contributed by atoms with Crippen molar-refractivity contribution in [2.75, 3.05) is 0 Å². The molecule has 2 aliphatic heterocycles. The predicted octanol–water partition coefficient (Wildman–Crippen LogP) is 2.27. The molecule has 0 saturated heterocycles. The highest BCUT2D eigenvalue weighted by Gasteiger charge is 2.29. The van der Waals surface area contributed by atoms with Crippen LogP contribution in [0, 0.1) is 0 Å². The van der Waals surface area contributed by atoms with E-state index in [-0.39, 0.29) is 23.5 Å². The van der Waals surface area contributed by atoms with Crippen molar-refractivity contribution in [2.24, 2.45) is 0 Å². The van der Waals surface area contributed by atoms with Crippen molar-refractivity contribution in [3.8, 4) is 0 Å². The van der Waals surface area contributed by atoms with Crippen LogP contribution in [0.3, 0.4) is 0 Å². The normalized spacial score (nSPS) is 22.9. The smallest absolute Gasteiger partial charge is 0.326 e. The molecular formula is C28H38N6O4. The highest BCUT2D eigenvalue weighted by atomic mass is 16.3. The van der Waals surface area contributed by atoms with Crippen LogP contribution in [0.2, 0.25) is 0 Å². The van der Waals surface area contributed by atoms with Crippen LogP contribution in [-0.2, 0) is 13.1 Å². The zero-order valence-corrected chi connectivity index (χ0v) is 22.4. The van der Waals surface area contributed by atoms with Crippen molar-refractivity contribution < 1.29 is 10.2 Å². The number of aliphatic hydroxyl groups excluding tert-OH is 2. The standard InChI is InChI=1S/2C14H19N3O2/c2*1-8(2)15-11-6-7-17-12-9(13(11)18)4-3-5-10(12)16-14(17)19/h2*3-5,8,11,13,15,18H,6-7H2,1-2H3,(H,16,19)/t2*11-,13-/m10/s1. The van der Waals surface area contributed by atoms with E-state index in [1.165, 1.54) is 0 Å². The number of rotatable bonds is 4. The quantitative estimate of drug-likeness (QED) is 0.243. The third-order valence-electron chi connectivity index (χ3n) is 7.47. The first-order valence-corrected chi connectivity index (χ1v) is 13.5. The fourth-order valence-corrected chi connectivity index (χ4v) is 5.89. The molecule has 2 aromatic carbocycles. The first kappa shape index (κ1) is 26.4. The molecule has 10 heteroatoms. The van der Waals surface area contributed by atoms with E-state index in [0.29, 0.717) is 25.2 Å². The van der Waals surface area contributed by atoms with Crippen molar-refractivity contribution in [3.63, 3.8) is 0 Å². The minimum atomic E-state index is -0.588. The number of aryl methyl sites for hydroxylation is 2. The Kier molecular flexibility index (Phi) is 7.32. The topological polar surface area (TPSA) is 140 Å². The summed E-state index contributed by atoms with van der Waals surface area (Å²) < 4.78 is 3.46. The largest absolute Gasteiger partial charge is 0.387 e. The lowest BCUT2D eigenvalue weighted by molar-refractivity contribution is 0.121. The van der Waals surface area contributed by atoms with E-state index >= 15 is 0 Å². The molecule has 4 aromatic rings. The van der Waals surface area contributed by atoms with E-state index < -0.39 is 12.2 Å². The summed E-state index contributed by atoms with van der Waals surface area (Å²) >= 11 is 0. The fraction of sp³-hybridized carbons (Fsp3) is 0.500. The van der Waals surface area contributed by atoms with E-state index in [2.05, 4.69) is 48.3 Å². The molecule has 6 rings (SSSR count). The van der Waals surface area contributed by atoms with Gasteiger partial charge in [-0.1, -0.05) is 52.0 Å². The van der Waals surface area contributed by atoms with Gasteiger partial charge in [0, 0.05) is 48.4 Å². The van der Waals surface area contributed by atoms with Gasteiger partial charge in [-0.2, -0.15) is 0 Å². The van der Waals surface area contributed by atoms with Gasteiger partial charge in [-0.15, -0.1) is 0 Å². The molecule has 4 atom stereocenters. The Morgan fingerprint density at radius 1 is 0.737 bits per heavy atom. The Hall–Kier alpha value is -3.18. The lowest BCUT2D eigenvalue weighted by Gasteiger charge is -2.24. The van der Waals surface area contributed by atoms with Gasteiger partial charge in [-0.05, 0) is 25.0 Å². The minimum Gasteiger partial charge on any atom is -0.387 e. The summed E-state index contributed by atoms with van der Waals surface area (Å²) in [6.45, 7) is 9.49. The maximum Gasteiger partial charge on any atom is 0.326 e. The Bertz CT molecular complexity index is 1430. The van der Waals surface area contributed by atoms with E-state index in [9.17, 15) is 19.8 Å². The second kappa shape index (κ2) is 10.5. The van der Waals surface area contributed by atoms with Crippen LogP contribution in [0.4, 0.5) is 0 Å². The number of aliphatic hydroxyl groups is 2. The van der Waals surface area contributed by atoms with Crippen LogP contribution in [-0.4, -0.2) is 53.5 Å². The molecule has 10 nitrogen and oxygen atoms in total. The number of hydrogen-bond acceptors (Lipinski definition) is 6. The SMILES string of the molecule is CC(C)N[C@@H]1CCn2c(=O)[nH]c3cccc(c32)[C@H]1O.CC(C)N[C@H]1CCn2c(=O)[nH]c3cccc(c32)[C@@H]1O. The first-order chi connectivity index (χ1) is 18.2. The zero-order valence-electron chi connectivity index (χ0n) is 22.4. The monoisotopic (exact) mass is 522 g/mol. The molecule has 2 aliphatic rings. The Balaban J connectivity index is 0.000000155. The van der Waals surface area contributed by atoms with Crippen molar-refractivity contribution in [1.29, 1.82) is 0 Å². The lowest BCUT2D eigenvalue weighted by atomic mass is 9.99. The summed E-state index contributed by atoms with van der Waals surface area (Å²) in [6.07, 6.45) is 0.298. The summed E-state index contributed by atoms with van der Waals surface area (Å²) in [7, 11) is 0. The number of hydrogen-bond donors (Lipinski definition) is 6. The van der Waals surface area contributed by atoms with Crippen LogP contribution in [0.5, 0.6) is 0 Å². The number of benzene rings is 2. The van der Waals surface area contributed by atoms with Crippen molar-refractivity contribution in [1.82, 2.24) is 29.7 Å². The summed E-state index contributed by atoms with van der Waals surface area (Å²) in [5.41, 5.74) is 4.73. The van der Waals surface area contributed by atoms with E-state index in [4.69, 9.17) is 0 Å². The van der Waals surface area contributed by atoms with Crippen LogP contribution < -0.4 is 22.0 Å². The lowest BCUT2D eigenvalue weighted by Crippen LogP contribution is -2.39. The average Bonchev–Trinajstić information content (AvgIpc) is 3.27. The Morgan fingerprint density at radius 2 is 1.13 bits per heavy atom. The van der Waals surface area contributed by atoms with Gasteiger partial charge in [-0.3, -0.25) is 9.13 Å². The number of para-hydroxylation sites is 2. The molecule has 0 fully saturated rings. The number of nitrogens with one attached hydrogen (secondary N) is 4. The Labute approximate surface area is 220 Å². The summed E-state index contributed by atoms with van der Waals surface area (Å²) in [5.74, 6) is 0. The van der Waals surface area contributed by atoms with Gasteiger partial charge < -0.3 is 30.8 Å². The van der Waals surface area contributed by atoms with Crippen LogP contribution in [0.15, 0.2) is 46.0 Å². The maximum atomic E-state index is 11.9. The molecule has 0 saturated carbocycles. The van der Waals surface area contributed by atoms with Crippen molar-refractivity contribution >= 4 is 22.1 Å². The number of imidazole rings is 2. The van der Waals surface area contributed by atoms with Gasteiger partial charge >= 0.3 is 11.4 Å². The third-order valence-corrected chi connectivity index (χ3v) is 7.47. The van der Waals surface area contributed by atoms with Gasteiger partial charge in [-0.25, -0.2) is 9.59 Å². The molecule has 0 unspecified atom stereocenters. The molecular weight excluding hydrogens is 484 g/mol. The second-order valence-electron chi connectivity index (χ2n) is 11.0. The van der Waals surface area contributed by atoms with Crippen LogP contribution >= 0.6 is 0 Å². The molecule has 6 N–H and O–H groups in total. The molecule has 38 heavy (non-hydrogen) atoms. The van der Waals surface area contributed by atoms with Gasteiger partial charge in [0.05, 0.1) is 34.3 Å². The summed E-state index contributed by atoms with van der Waals surface area (Å²) in [5, 5.41) is 27.9. The maximum absolute atomic E-state index is 11.9. The minimum absolute atomic E-state index is 0.0232. The molecule has 4 heterocycles. The van der Waals surface area contributed by atoms with Gasteiger partial charge in [0.15, 0.2) is 0 Å². The summed E-state index contributed by atoms with van der Waals surface area (Å²) in [6, 6.07) is 11.9. The molecule has 0 bridgehead atoms. The number of H-pyrrole nitrogens is 2. The predicted molar refractivity (Wildman–Crippen MR) is 148 cm³/mol. The molecule has 0 aliphatic carbocycles. The van der Waals surface area contributed by atoms with Gasteiger partial charge in [0.1, 0.15) is 0 Å². The van der Waals surface area contributed by atoms with Gasteiger partial charge in [0.25, 0.3) is 0 Å². The average molecular weight is 523 g/mol. The van der Waals surface area contributed by atoms with Crippen molar-refractivity contribution in [2.45, 2.75) is 90.0 Å². The zero-order chi connectivity index (χ0) is 27.1. The van der Waals surface area contributed by atoms with Gasteiger partial charge in [0.2, 0.25) is 0 Å². The number of aromatic nitrogens is 4. The fourth-order valence-electron chi connectivity index (χ4n) is 5.89. The molecule has 2 aromatic heterocycles. The summed E-state index contributed by atoms with van der Waals surface area (Å²) in [4.78, 5) is 29.6. The third kappa shape index (κ3) is 4.84. The molecule has 0 spiro atoms. The highest BCUT2D eigenvalue weighted by molar-refractivity contribution is 5.80. The van der Waals surface area contributed by atoms with E-state index in [1.807, 2.05) is 36.4 Å². The molecule has 0 radical (unpaired) electrons. The second-order valence-corrected chi connectivity index (χ2v) is 11.0. The van der Waals surface area contributed by atoms with Crippen LogP contribution in [0.1, 0.15) is 63.9 Å². The number of aromatic amines is 2. The number of nitrogens with zero attached hydrogens (tertiary/aromatic N) is 2. The highest BCUT2D eigenvalue weighted by Crippen LogP contribution is 2.31. The molecule has 204 valence electrons. The van der Waals surface area contributed by atoms with E-state index in [0.717, 1.165) is 46.0 Å². The van der Waals surface area contributed by atoms with Crippen molar-refractivity contribution in [3.05, 3.63) is 68.5 Å².